The molecule has 0 saturated carbocycles. The Morgan fingerprint density at radius 3 is 2.69 bits per heavy atom. The van der Waals surface area contributed by atoms with Crippen molar-refractivity contribution in [3.63, 3.8) is 0 Å². The number of hydrogen-bond acceptors (Lipinski definition) is 1. The standard InChI is InChI=1S/C10H17ClN2/c1-3-9(4-2)7-13-8-12-6-10(13)5-11/h6,8-9H,3-5,7H2,1-2H3. The van der Waals surface area contributed by atoms with Crippen LogP contribution in [0, 0.1) is 5.92 Å². The average Bonchev–Trinajstić information content (AvgIpc) is 2.61. The second-order valence-electron chi connectivity index (χ2n) is 3.35. The van der Waals surface area contributed by atoms with Gasteiger partial charge in [0.05, 0.1) is 17.9 Å². The second-order valence-corrected chi connectivity index (χ2v) is 3.62. The lowest BCUT2D eigenvalue weighted by Gasteiger charge is -2.14. The Balaban J connectivity index is 2.61. The first-order valence-electron chi connectivity index (χ1n) is 4.86. The van der Waals surface area contributed by atoms with E-state index in [-0.39, 0.29) is 0 Å². The van der Waals surface area contributed by atoms with E-state index < -0.39 is 0 Å². The fourth-order valence-corrected chi connectivity index (χ4v) is 1.67. The molecule has 2 nitrogen and oxygen atoms in total. The smallest absolute Gasteiger partial charge is 0.0948 e. The van der Waals surface area contributed by atoms with Gasteiger partial charge >= 0.3 is 0 Å². The van der Waals surface area contributed by atoms with E-state index in [1.165, 1.54) is 12.8 Å². The fourth-order valence-electron chi connectivity index (χ4n) is 1.45. The number of aromatic nitrogens is 2. The van der Waals surface area contributed by atoms with Gasteiger partial charge in [0.1, 0.15) is 0 Å². The minimum atomic E-state index is 0.556. The molecule has 1 aromatic rings. The molecule has 0 saturated heterocycles. The van der Waals surface area contributed by atoms with Crippen LogP contribution < -0.4 is 0 Å². The molecule has 0 fully saturated rings. The quantitative estimate of drug-likeness (QED) is 0.669. The monoisotopic (exact) mass is 200 g/mol. The Labute approximate surface area is 84.9 Å². The van der Waals surface area contributed by atoms with Gasteiger partial charge in [-0.1, -0.05) is 26.7 Å². The minimum Gasteiger partial charge on any atom is -0.333 e. The van der Waals surface area contributed by atoms with Crippen molar-refractivity contribution in [3.05, 3.63) is 18.2 Å². The van der Waals surface area contributed by atoms with Crippen LogP contribution in [0.1, 0.15) is 32.4 Å². The van der Waals surface area contributed by atoms with Crippen molar-refractivity contribution in [3.8, 4) is 0 Å². The summed E-state index contributed by atoms with van der Waals surface area (Å²) >= 11 is 5.78. The highest BCUT2D eigenvalue weighted by Crippen LogP contribution is 2.13. The van der Waals surface area contributed by atoms with Crippen molar-refractivity contribution in [2.24, 2.45) is 5.92 Å². The third-order valence-corrected chi connectivity index (χ3v) is 2.82. The summed E-state index contributed by atoms with van der Waals surface area (Å²) in [6.45, 7) is 5.51. The van der Waals surface area contributed by atoms with Crippen LogP contribution >= 0.6 is 11.6 Å². The predicted molar refractivity (Wildman–Crippen MR) is 55.9 cm³/mol. The molecule has 0 unspecified atom stereocenters. The Morgan fingerprint density at radius 1 is 1.46 bits per heavy atom. The van der Waals surface area contributed by atoms with Crippen molar-refractivity contribution < 1.29 is 0 Å². The zero-order valence-corrected chi connectivity index (χ0v) is 9.09. The summed E-state index contributed by atoms with van der Waals surface area (Å²) in [5.74, 6) is 1.30. The number of halogens is 1. The number of imidazole rings is 1. The van der Waals surface area contributed by atoms with Crippen molar-refractivity contribution in [1.82, 2.24) is 9.55 Å². The van der Waals surface area contributed by atoms with E-state index in [4.69, 9.17) is 11.6 Å². The Morgan fingerprint density at radius 2 is 2.15 bits per heavy atom. The molecule has 1 rings (SSSR count). The van der Waals surface area contributed by atoms with Gasteiger partial charge in [-0.25, -0.2) is 4.98 Å². The highest BCUT2D eigenvalue weighted by atomic mass is 35.5. The van der Waals surface area contributed by atoms with Crippen LogP contribution in [0.2, 0.25) is 0 Å². The summed E-state index contributed by atoms with van der Waals surface area (Å²) in [6, 6.07) is 0. The summed E-state index contributed by atoms with van der Waals surface area (Å²) in [5, 5.41) is 0. The van der Waals surface area contributed by atoms with Gasteiger partial charge in [-0.3, -0.25) is 0 Å². The summed E-state index contributed by atoms with van der Waals surface area (Å²) < 4.78 is 2.16. The molecule has 74 valence electrons. The SMILES string of the molecule is CCC(CC)Cn1cncc1CCl. The van der Waals surface area contributed by atoms with E-state index in [1.807, 2.05) is 12.5 Å². The van der Waals surface area contributed by atoms with Crippen LogP contribution in [0.5, 0.6) is 0 Å². The maximum atomic E-state index is 5.78. The number of rotatable bonds is 5. The molecule has 0 aliphatic heterocycles. The van der Waals surface area contributed by atoms with Gasteiger partial charge in [-0.05, 0) is 5.92 Å². The van der Waals surface area contributed by atoms with E-state index >= 15 is 0 Å². The lowest BCUT2D eigenvalue weighted by molar-refractivity contribution is 0.414. The van der Waals surface area contributed by atoms with E-state index in [1.54, 1.807) is 0 Å². The third kappa shape index (κ3) is 2.73. The molecule has 0 aliphatic rings. The Hall–Kier alpha value is -0.500. The second kappa shape index (κ2) is 5.28. The largest absolute Gasteiger partial charge is 0.333 e. The van der Waals surface area contributed by atoms with Gasteiger partial charge in [-0.2, -0.15) is 0 Å². The molecule has 0 aliphatic carbocycles. The number of alkyl halides is 1. The highest BCUT2D eigenvalue weighted by molar-refractivity contribution is 6.16. The maximum Gasteiger partial charge on any atom is 0.0948 e. The third-order valence-electron chi connectivity index (χ3n) is 2.55. The number of hydrogen-bond donors (Lipinski definition) is 0. The van der Waals surface area contributed by atoms with Gasteiger partial charge < -0.3 is 4.57 Å². The van der Waals surface area contributed by atoms with Gasteiger partial charge in [-0.15, -0.1) is 11.6 Å². The molecular weight excluding hydrogens is 184 g/mol. The summed E-state index contributed by atoms with van der Waals surface area (Å²) in [5.41, 5.74) is 1.12. The minimum absolute atomic E-state index is 0.556. The van der Waals surface area contributed by atoms with Gasteiger partial charge in [0.25, 0.3) is 0 Å². The van der Waals surface area contributed by atoms with Crippen molar-refractivity contribution >= 4 is 11.6 Å². The highest BCUT2D eigenvalue weighted by Gasteiger charge is 2.06. The van der Waals surface area contributed by atoms with Crippen LogP contribution in [-0.4, -0.2) is 9.55 Å². The Bertz CT molecular complexity index is 241. The topological polar surface area (TPSA) is 17.8 Å². The van der Waals surface area contributed by atoms with Crippen molar-refractivity contribution in [2.45, 2.75) is 39.1 Å². The van der Waals surface area contributed by atoms with Crippen LogP contribution in [0.4, 0.5) is 0 Å². The molecule has 0 amide bonds. The molecule has 0 N–H and O–H groups in total. The molecule has 0 bridgehead atoms. The van der Waals surface area contributed by atoms with Gasteiger partial charge in [0.2, 0.25) is 0 Å². The molecule has 0 radical (unpaired) electrons. The van der Waals surface area contributed by atoms with Gasteiger partial charge in [0, 0.05) is 12.7 Å². The van der Waals surface area contributed by atoms with Crippen LogP contribution in [0.15, 0.2) is 12.5 Å². The van der Waals surface area contributed by atoms with E-state index in [0.29, 0.717) is 5.88 Å². The van der Waals surface area contributed by atoms with Crippen LogP contribution in [0.3, 0.4) is 0 Å². The molecule has 0 atom stereocenters. The molecular formula is C10H17ClN2. The molecule has 1 heterocycles. The first kappa shape index (κ1) is 10.6. The van der Waals surface area contributed by atoms with Crippen LogP contribution in [-0.2, 0) is 12.4 Å². The Kier molecular flexibility index (Phi) is 4.29. The normalized spacial score (nSPS) is 11.1. The first-order chi connectivity index (χ1) is 6.31. The molecule has 13 heavy (non-hydrogen) atoms. The van der Waals surface area contributed by atoms with E-state index in [9.17, 15) is 0 Å². The lowest BCUT2D eigenvalue weighted by atomic mass is 10.0. The average molecular weight is 201 g/mol. The lowest BCUT2D eigenvalue weighted by Crippen LogP contribution is -2.10. The van der Waals surface area contributed by atoms with E-state index in [2.05, 4.69) is 23.4 Å². The molecule has 0 aromatic carbocycles. The summed E-state index contributed by atoms with van der Waals surface area (Å²) in [6.07, 6.45) is 6.15. The van der Waals surface area contributed by atoms with Gasteiger partial charge in [0.15, 0.2) is 0 Å². The van der Waals surface area contributed by atoms with Crippen molar-refractivity contribution in [2.75, 3.05) is 0 Å². The zero-order valence-electron chi connectivity index (χ0n) is 8.33. The zero-order chi connectivity index (χ0) is 9.68. The van der Waals surface area contributed by atoms with Crippen LogP contribution in [0.25, 0.3) is 0 Å². The maximum absolute atomic E-state index is 5.78. The number of nitrogens with zero attached hydrogens (tertiary/aromatic N) is 2. The first-order valence-corrected chi connectivity index (χ1v) is 5.40. The predicted octanol–water partition coefficient (Wildman–Crippen LogP) is 3.06. The van der Waals surface area contributed by atoms with Crippen molar-refractivity contribution in [1.29, 1.82) is 0 Å². The molecule has 3 heteroatoms. The van der Waals surface area contributed by atoms with E-state index in [0.717, 1.165) is 18.2 Å². The summed E-state index contributed by atoms with van der Waals surface area (Å²) in [4.78, 5) is 4.09. The molecule has 1 aromatic heterocycles. The molecule has 0 spiro atoms. The fraction of sp³-hybridized carbons (Fsp3) is 0.700. The summed E-state index contributed by atoms with van der Waals surface area (Å²) in [7, 11) is 0.